The van der Waals surface area contributed by atoms with Crippen molar-refractivity contribution < 1.29 is 17.7 Å². The quantitative estimate of drug-likeness (QED) is 0.155. The highest BCUT2D eigenvalue weighted by Crippen LogP contribution is 2.20. The fraction of sp³-hybridized carbons (Fsp3) is 1.00. The van der Waals surface area contributed by atoms with Crippen molar-refractivity contribution in [2.45, 2.75) is 154 Å². The topological polar surface area (TPSA) is 63.6 Å². The van der Waals surface area contributed by atoms with Crippen molar-refractivity contribution in [2.75, 3.05) is 0 Å². The van der Waals surface area contributed by atoms with Crippen LogP contribution in [0.4, 0.5) is 0 Å². The van der Waals surface area contributed by atoms with E-state index in [1.807, 2.05) is 0 Å². The molecular weight excluding hydrogens is 384 g/mol. The molecule has 176 valence electrons. The van der Waals surface area contributed by atoms with E-state index < -0.39 is 21.2 Å². The first-order valence-electron chi connectivity index (χ1n) is 12.3. The van der Waals surface area contributed by atoms with Crippen molar-refractivity contribution >= 4 is 10.1 Å². The Morgan fingerprint density at radius 1 is 0.655 bits per heavy atom. The van der Waals surface area contributed by atoms with Gasteiger partial charge >= 0.3 is 0 Å². The Morgan fingerprint density at radius 3 is 1.24 bits per heavy atom. The molecule has 0 rings (SSSR count). The molecule has 0 aliphatic carbocycles. The molecule has 5 heteroatoms. The second-order valence-electron chi connectivity index (χ2n) is 9.62. The van der Waals surface area contributed by atoms with E-state index in [1.54, 1.807) is 20.8 Å². The van der Waals surface area contributed by atoms with Crippen LogP contribution in [-0.4, -0.2) is 24.0 Å². The summed E-state index contributed by atoms with van der Waals surface area (Å²) in [4.78, 5) is 0. The van der Waals surface area contributed by atoms with Gasteiger partial charge in [-0.1, -0.05) is 110 Å². The Bertz CT molecular complexity index is 454. The summed E-state index contributed by atoms with van der Waals surface area (Å²) in [5, 5.41) is 0. The number of rotatable bonds is 20. The normalized spacial score (nSPS) is 13.7. The summed E-state index contributed by atoms with van der Waals surface area (Å²) >= 11 is 0. The van der Waals surface area contributed by atoms with Gasteiger partial charge in [0.15, 0.2) is 5.44 Å². The minimum absolute atomic E-state index is 0.370. The fourth-order valence-electron chi connectivity index (χ4n) is 3.70. The summed E-state index contributed by atoms with van der Waals surface area (Å²) in [6, 6.07) is 0. The first-order chi connectivity index (χ1) is 13.7. The molecule has 0 aliphatic rings. The third kappa shape index (κ3) is 20.9. The molecule has 1 N–H and O–H groups in total. The van der Waals surface area contributed by atoms with Crippen LogP contribution in [0.3, 0.4) is 0 Å². The van der Waals surface area contributed by atoms with Gasteiger partial charge in [-0.3, -0.25) is 4.55 Å². The second-order valence-corrected chi connectivity index (χ2v) is 11.2. The SMILES string of the molecule is CCCCCCCCCCCCCCCCCCCC(OC(C)(C)C)S(=O)(=O)O. The summed E-state index contributed by atoms with van der Waals surface area (Å²) < 4.78 is 37.7. The van der Waals surface area contributed by atoms with Gasteiger partial charge in [0.25, 0.3) is 10.1 Å². The molecule has 0 aromatic carbocycles. The minimum Gasteiger partial charge on any atom is -0.354 e. The van der Waals surface area contributed by atoms with Crippen LogP contribution in [0.2, 0.25) is 0 Å². The molecule has 1 unspecified atom stereocenters. The lowest BCUT2D eigenvalue weighted by molar-refractivity contribution is -0.0300. The molecule has 0 saturated heterocycles. The highest BCUT2D eigenvalue weighted by molar-refractivity contribution is 7.86. The Hall–Kier alpha value is -0.130. The van der Waals surface area contributed by atoms with Gasteiger partial charge in [-0.05, 0) is 33.6 Å². The Labute approximate surface area is 182 Å². The first kappa shape index (κ1) is 28.9. The van der Waals surface area contributed by atoms with Crippen LogP contribution in [0.1, 0.15) is 143 Å². The van der Waals surface area contributed by atoms with Crippen LogP contribution in [0, 0.1) is 0 Å². The molecule has 1 atom stereocenters. The van der Waals surface area contributed by atoms with Crippen LogP contribution in [0.25, 0.3) is 0 Å². The molecule has 0 aromatic rings. The molecule has 0 spiro atoms. The average molecular weight is 435 g/mol. The predicted molar refractivity (Wildman–Crippen MR) is 125 cm³/mol. The maximum Gasteiger partial charge on any atom is 0.292 e. The van der Waals surface area contributed by atoms with Gasteiger partial charge in [-0.25, -0.2) is 0 Å². The number of unbranched alkanes of at least 4 members (excludes halogenated alkanes) is 16. The Balaban J connectivity index is 3.44. The van der Waals surface area contributed by atoms with E-state index in [0.717, 1.165) is 19.3 Å². The van der Waals surface area contributed by atoms with E-state index >= 15 is 0 Å². The van der Waals surface area contributed by atoms with Crippen LogP contribution >= 0.6 is 0 Å². The molecule has 0 aromatic heterocycles. The van der Waals surface area contributed by atoms with E-state index in [9.17, 15) is 13.0 Å². The van der Waals surface area contributed by atoms with Gasteiger partial charge < -0.3 is 4.74 Å². The Kier molecular flexibility index (Phi) is 17.5. The van der Waals surface area contributed by atoms with Gasteiger partial charge in [0.2, 0.25) is 0 Å². The van der Waals surface area contributed by atoms with Crippen LogP contribution in [0.5, 0.6) is 0 Å². The predicted octanol–water partition coefficient (Wildman–Crippen LogP) is 8.06. The van der Waals surface area contributed by atoms with Crippen LogP contribution < -0.4 is 0 Å². The zero-order valence-corrected chi connectivity index (χ0v) is 20.7. The van der Waals surface area contributed by atoms with Crippen molar-refractivity contribution in [3.05, 3.63) is 0 Å². The van der Waals surface area contributed by atoms with Crippen molar-refractivity contribution in [1.82, 2.24) is 0 Å². The van der Waals surface area contributed by atoms with E-state index in [-0.39, 0.29) is 0 Å². The largest absolute Gasteiger partial charge is 0.354 e. The van der Waals surface area contributed by atoms with Gasteiger partial charge in [0.1, 0.15) is 0 Å². The molecular formula is C24H50O4S. The van der Waals surface area contributed by atoms with Gasteiger partial charge in [-0.15, -0.1) is 0 Å². The number of ether oxygens (including phenoxy) is 1. The number of hydrogen-bond donors (Lipinski definition) is 1. The van der Waals surface area contributed by atoms with E-state index in [1.165, 1.54) is 89.9 Å². The molecule has 29 heavy (non-hydrogen) atoms. The van der Waals surface area contributed by atoms with E-state index in [4.69, 9.17) is 4.74 Å². The molecule has 4 nitrogen and oxygen atoms in total. The summed E-state index contributed by atoms with van der Waals surface area (Å²) in [7, 11) is -4.14. The van der Waals surface area contributed by atoms with Gasteiger partial charge in [0.05, 0.1) is 5.60 Å². The number of hydrogen-bond acceptors (Lipinski definition) is 3. The van der Waals surface area contributed by atoms with E-state index in [0.29, 0.717) is 6.42 Å². The Morgan fingerprint density at radius 2 is 0.966 bits per heavy atom. The highest BCUT2D eigenvalue weighted by Gasteiger charge is 2.28. The second kappa shape index (κ2) is 17.5. The zero-order valence-electron chi connectivity index (χ0n) is 19.9. The van der Waals surface area contributed by atoms with E-state index in [2.05, 4.69) is 6.92 Å². The molecule has 0 saturated carbocycles. The molecule has 0 amide bonds. The maximum absolute atomic E-state index is 11.4. The minimum atomic E-state index is -4.14. The third-order valence-electron chi connectivity index (χ3n) is 5.36. The first-order valence-corrected chi connectivity index (χ1v) is 13.8. The van der Waals surface area contributed by atoms with Crippen molar-refractivity contribution in [3.63, 3.8) is 0 Å². The summed E-state index contributed by atoms with van der Waals surface area (Å²) in [5.74, 6) is 0. The molecule has 0 radical (unpaired) electrons. The monoisotopic (exact) mass is 434 g/mol. The molecule has 0 fully saturated rings. The van der Waals surface area contributed by atoms with Gasteiger partial charge in [0, 0.05) is 0 Å². The zero-order chi connectivity index (χ0) is 22.0. The van der Waals surface area contributed by atoms with Crippen molar-refractivity contribution in [1.29, 1.82) is 0 Å². The highest BCUT2D eigenvalue weighted by atomic mass is 32.2. The van der Waals surface area contributed by atoms with Crippen LogP contribution in [0.15, 0.2) is 0 Å². The van der Waals surface area contributed by atoms with Crippen molar-refractivity contribution in [2.24, 2.45) is 0 Å². The fourth-order valence-corrected chi connectivity index (χ4v) is 4.57. The standard InChI is InChI=1S/C24H50O4S/c1-5-6-7-8-9-10-11-12-13-14-15-16-17-18-19-20-21-22-23(29(25,26)27)28-24(2,3)4/h23H,5-22H2,1-4H3,(H,25,26,27). The lowest BCUT2D eigenvalue weighted by Crippen LogP contribution is -2.33. The van der Waals surface area contributed by atoms with Gasteiger partial charge in [-0.2, -0.15) is 8.42 Å². The summed E-state index contributed by atoms with van der Waals surface area (Å²) in [6.07, 6.45) is 22.4. The smallest absolute Gasteiger partial charge is 0.292 e. The molecule has 0 aliphatic heterocycles. The lowest BCUT2D eigenvalue weighted by atomic mass is 10.0. The summed E-state index contributed by atoms with van der Waals surface area (Å²) in [6.45, 7) is 7.69. The molecule has 0 bridgehead atoms. The van der Waals surface area contributed by atoms with Crippen molar-refractivity contribution in [3.8, 4) is 0 Å². The average Bonchev–Trinajstić information content (AvgIpc) is 2.61. The third-order valence-corrected chi connectivity index (χ3v) is 6.36. The van der Waals surface area contributed by atoms with Crippen LogP contribution in [-0.2, 0) is 14.9 Å². The molecule has 0 heterocycles. The summed E-state index contributed by atoms with van der Waals surface area (Å²) in [5.41, 5.74) is -1.67. The lowest BCUT2D eigenvalue weighted by Gasteiger charge is -2.25. The maximum atomic E-state index is 11.4.